The molecule has 0 aliphatic carbocycles. The van der Waals surface area contributed by atoms with Crippen LogP contribution in [-0.2, 0) is 20.9 Å². The third kappa shape index (κ3) is 6.24. The summed E-state index contributed by atoms with van der Waals surface area (Å²) in [5.41, 5.74) is 6.74. The molecule has 3 aromatic rings. The van der Waals surface area contributed by atoms with Gasteiger partial charge in [0.05, 0.1) is 20.1 Å². The molecule has 40 heavy (non-hydrogen) atoms. The highest BCUT2D eigenvalue weighted by molar-refractivity contribution is 5.74. The Hall–Kier alpha value is -4.00. The number of methoxy groups -OCH3 is 1. The summed E-state index contributed by atoms with van der Waals surface area (Å²) in [5, 5.41) is 0. The Morgan fingerprint density at radius 1 is 0.975 bits per heavy atom. The van der Waals surface area contributed by atoms with Crippen molar-refractivity contribution in [3.63, 3.8) is 0 Å². The van der Waals surface area contributed by atoms with Gasteiger partial charge >= 0.3 is 5.97 Å². The van der Waals surface area contributed by atoms with Crippen molar-refractivity contribution in [2.45, 2.75) is 58.7 Å². The van der Waals surface area contributed by atoms with E-state index in [1.54, 1.807) is 6.92 Å². The van der Waals surface area contributed by atoms with E-state index >= 15 is 0 Å². The molecule has 7 heteroatoms. The van der Waals surface area contributed by atoms with E-state index in [1.807, 2.05) is 23.1 Å². The quantitative estimate of drug-likeness (QED) is 0.326. The van der Waals surface area contributed by atoms with Crippen LogP contribution in [0.25, 0.3) is 11.1 Å². The first kappa shape index (κ1) is 27.6. The smallest absolute Gasteiger partial charge is 0.306 e. The molecule has 0 saturated carbocycles. The molecule has 0 bridgehead atoms. The number of likely N-dealkylation sites (tertiary alicyclic amines) is 1. The van der Waals surface area contributed by atoms with Crippen LogP contribution in [0.1, 0.15) is 54.4 Å². The summed E-state index contributed by atoms with van der Waals surface area (Å²) in [6.45, 7) is 8.26. The Labute approximate surface area is 236 Å². The zero-order valence-electron chi connectivity index (χ0n) is 23.7. The molecule has 0 aromatic heterocycles. The second-order valence-corrected chi connectivity index (χ2v) is 10.7. The van der Waals surface area contributed by atoms with Gasteiger partial charge in [0.2, 0.25) is 5.91 Å². The average molecular weight is 544 g/mol. The zero-order chi connectivity index (χ0) is 28.2. The maximum absolute atomic E-state index is 11.7. The fourth-order valence-corrected chi connectivity index (χ4v) is 5.71. The molecule has 0 N–H and O–H groups in total. The van der Waals surface area contributed by atoms with Crippen molar-refractivity contribution in [2.75, 3.05) is 26.8 Å². The number of carbonyl (C=O) groups excluding carboxylic acids is 2. The highest BCUT2D eigenvalue weighted by atomic mass is 16.5. The van der Waals surface area contributed by atoms with Gasteiger partial charge in [0, 0.05) is 50.4 Å². The predicted octanol–water partition coefficient (Wildman–Crippen LogP) is 5.98. The third-order valence-corrected chi connectivity index (χ3v) is 7.82. The summed E-state index contributed by atoms with van der Waals surface area (Å²) in [6, 6.07) is 18.4. The molecule has 2 aliphatic heterocycles. The molecule has 1 amide bonds. The van der Waals surface area contributed by atoms with E-state index in [-0.39, 0.29) is 23.9 Å². The summed E-state index contributed by atoms with van der Waals surface area (Å²) in [4.78, 5) is 25.2. The normalized spacial score (nSPS) is 16.7. The van der Waals surface area contributed by atoms with Crippen LogP contribution in [-0.4, -0.2) is 49.7 Å². The summed E-state index contributed by atoms with van der Waals surface area (Å²) in [6.07, 6.45) is 2.14. The van der Waals surface area contributed by atoms with Gasteiger partial charge in [0.1, 0.15) is 30.0 Å². The van der Waals surface area contributed by atoms with E-state index in [4.69, 9.17) is 18.9 Å². The topological polar surface area (TPSA) is 74.3 Å². The highest BCUT2D eigenvalue weighted by Crippen LogP contribution is 2.39. The van der Waals surface area contributed by atoms with Crippen LogP contribution >= 0.6 is 0 Å². The van der Waals surface area contributed by atoms with Crippen LogP contribution < -0.4 is 14.2 Å². The largest absolute Gasteiger partial charge is 0.492 e. The van der Waals surface area contributed by atoms with Gasteiger partial charge in [-0.25, -0.2) is 0 Å². The number of hydrogen-bond donors (Lipinski definition) is 0. The van der Waals surface area contributed by atoms with E-state index in [0.717, 1.165) is 71.0 Å². The first-order valence-corrected chi connectivity index (χ1v) is 13.9. The van der Waals surface area contributed by atoms with Crippen molar-refractivity contribution in [3.8, 4) is 28.4 Å². The van der Waals surface area contributed by atoms with Crippen LogP contribution in [0, 0.1) is 13.8 Å². The molecule has 0 radical (unpaired) electrons. The molecule has 7 nitrogen and oxygen atoms in total. The number of amides is 1. The standard InChI is InChI=1S/C33H37NO6/c1-21-14-29(40-27-10-12-34(13-11-27)23(3)35)15-22(2)33(21)25-7-5-6-24(16-25)19-38-28-8-9-30-26(17-32(36)37-4)20-39-31(30)18-28/h5-9,14-16,18,26-27H,10-13,17,19-20H2,1-4H3. The molecular formula is C33H37NO6. The van der Waals surface area contributed by atoms with Gasteiger partial charge in [0.15, 0.2) is 0 Å². The van der Waals surface area contributed by atoms with Gasteiger partial charge in [0.25, 0.3) is 0 Å². The van der Waals surface area contributed by atoms with Gasteiger partial charge in [-0.05, 0) is 65.9 Å². The lowest BCUT2D eigenvalue weighted by atomic mass is 9.94. The molecule has 1 fully saturated rings. The fraction of sp³-hybridized carbons (Fsp3) is 0.394. The van der Waals surface area contributed by atoms with Crippen molar-refractivity contribution < 1.29 is 28.5 Å². The summed E-state index contributed by atoms with van der Waals surface area (Å²) in [5.74, 6) is 2.28. The van der Waals surface area contributed by atoms with Gasteiger partial charge in [-0.15, -0.1) is 0 Å². The molecule has 5 rings (SSSR count). The molecule has 3 aromatic carbocycles. The van der Waals surface area contributed by atoms with Crippen LogP contribution in [0.4, 0.5) is 0 Å². The average Bonchev–Trinajstić information content (AvgIpc) is 3.33. The number of benzene rings is 3. The predicted molar refractivity (Wildman–Crippen MR) is 153 cm³/mol. The van der Waals surface area contributed by atoms with Crippen molar-refractivity contribution in [1.82, 2.24) is 4.90 Å². The number of aryl methyl sites for hydroxylation is 2. The highest BCUT2D eigenvalue weighted by Gasteiger charge is 2.27. The lowest BCUT2D eigenvalue weighted by Gasteiger charge is -2.31. The zero-order valence-corrected chi connectivity index (χ0v) is 23.7. The van der Waals surface area contributed by atoms with E-state index in [9.17, 15) is 9.59 Å². The van der Waals surface area contributed by atoms with Crippen molar-refractivity contribution in [3.05, 3.63) is 76.9 Å². The van der Waals surface area contributed by atoms with E-state index in [0.29, 0.717) is 19.6 Å². The molecular weight excluding hydrogens is 506 g/mol. The lowest BCUT2D eigenvalue weighted by Crippen LogP contribution is -2.40. The van der Waals surface area contributed by atoms with Gasteiger partial charge < -0.3 is 23.8 Å². The van der Waals surface area contributed by atoms with E-state index in [1.165, 1.54) is 12.7 Å². The minimum absolute atomic E-state index is 0.0104. The summed E-state index contributed by atoms with van der Waals surface area (Å²) < 4.78 is 23.1. The maximum Gasteiger partial charge on any atom is 0.306 e. The molecule has 2 aliphatic rings. The number of nitrogens with zero attached hydrogens (tertiary/aromatic N) is 1. The maximum atomic E-state index is 11.7. The number of rotatable bonds is 8. The minimum Gasteiger partial charge on any atom is -0.492 e. The first-order valence-electron chi connectivity index (χ1n) is 13.9. The number of fused-ring (bicyclic) bond motifs is 1. The monoisotopic (exact) mass is 543 g/mol. The number of carbonyl (C=O) groups is 2. The van der Waals surface area contributed by atoms with Crippen LogP contribution in [0.15, 0.2) is 54.6 Å². The Kier molecular flexibility index (Phi) is 8.29. The van der Waals surface area contributed by atoms with Crippen LogP contribution in [0.3, 0.4) is 0 Å². The van der Waals surface area contributed by atoms with Gasteiger partial charge in [-0.3, -0.25) is 9.59 Å². The SMILES string of the molecule is COC(=O)CC1COc2cc(OCc3cccc(-c4c(C)cc(OC5CCN(C(C)=O)CC5)cc4C)c3)ccc21. The summed E-state index contributed by atoms with van der Waals surface area (Å²) >= 11 is 0. The Morgan fingerprint density at radius 3 is 2.42 bits per heavy atom. The Bertz CT molecular complexity index is 1370. The second kappa shape index (κ2) is 12.0. The van der Waals surface area contributed by atoms with Crippen molar-refractivity contribution >= 4 is 11.9 Å². The molecule has 1 unspecified atom stereocenters. The number of esters is 1. The third-order valence-electron chi connectivity index (χ3n) is 7.82. The fourth-order valence-electron chi connectivity index (χ4n) is 5.71. The van der Waals surface area contributed by atoms with Crippen molar-refractivity contribution in [2.24, 2.45) is 0 Å². The molecule has 2 heterocycles. The molecule has 1 atom stereocenters. The molecule has 1 saturated heterocycles. The van der Waals surface area contributed by atoms with Crippen molar-refractivity contribution in [1.29, 1.82) is 0 Å². The molecule has 0 spiro atoms. The van der Waals surface area contributed by atoms with Gasteiger partial charge in [-0.2, -0.15) is 0 Å². The Morgan fingerprint density at radius 2 is 1.73 bits per heavy atom. The Balaban J connectivity index is 1.23. The number of piperidine rings is 1. The van der Waals surface area contributed by atoms with Crippen LogP contribution in [0.2, 0.25) is 0 Å². The number of hydrogen-bond acceptors (Lipinski definition) is 6. The summed E-state index contributed by atoms with van der Waals surface area (Å²) in [7, 11) is 1.40. The minimum atomic E-state index is -0.235. The van der Waals surface area contributed by atoms with Crippen LogP contribution in [0.5, 0.6) is 17.2 Å². The second-order valence-electron chi connectivity index (χ2n) is 10.7. The van der Waals surface area contributed by atoms with E-state index in [2.05, 4.69) is 50.2 Å². The molecule has 210 valence electrons. The number of ether oxygens (including phenoxy) is 4. The first-order chi connectivity index (χ1) is 19.3. The van der Waals surface area contributed by atoms with E-state index < -0.39 is 0 Å². The van der Waals surface area contributed by atoms with Gasteiger partial charge in [-0.1, -0.05) is 24.3 Å². The lowest BCUT2D eigenvalue weighted by molar-refractivity contribution is -0.141.